The fourth-order valence-electron chi connectivity index (χ4n) is 3.76. The number of aryl methyl sites for hydroxylation is 1. The zero-order chi connectivity index (χ0) is 22.7. The maximum atomic E-state index is 13.0. The maximum absolute atomic E-state index is 13.0. The largest absolute Gasteiger partial charge is 0.413 e. The molecule has 164 valence electrons. The summed E-state index contributed by atoms with van der Waals surface area (Å²) >= 11 is 6.19. The summed E-state index contributed by atoms with van der Waals surface area (Å²) in [7, 11) is 3.11. The van der Waals surface area contributed by atoms with Crippen molar-refractivity contribution in [1.29, 1.82) is 0 Å². The van der Waals surface area contributed by atoms with Crippen LogP contribution in [0.5, 0.6) is 0 Å². The molecule has 0 spiro atoms. The van der Waals surface area contributed by atoms with Crippen LogP contribution in [-0.2, 0) is 11.2 Å². The Morgan fingerprint density at radius 1 is 1.09 bits per heavy atom. The third-order valence-electron chi connectivity index (χ3n) is 5.51. The Morgan fingerprint density at radius 2 is 1.81 bits per heavy atom. The van der Waals surface area contributed by atoms with Crippen LogP contribution < -0.4 is 5.43 Å². The first-order valence-corrected chi connectivity index (χ1v) is 10.7. The summed E-state index contributed by atoms with van der Waals surface area (Å²) in [6.45, 7) is 0.568. The van der Waals surface area contributed by atoms with Crippen LogP contribution in [0.4, 0.5) is 4.79 Å². The first-order chi connectivity index (χ1) is 15.5. The number of hydrogen-bond donors (Lipinski definition) is 1. The summed E-state index contributed by atoms with van der Waals surface area (Å²) in [6, 6.07) is 16.4. The molecule has 2 aromatic carbocycles. The van der Waals surface area contributed by atoms with Gasteiger partial charge in [-0.1, -0.05) is 65.1 Å². The van der Waals surface area contributed by atoms with E-state index in [-0.39, 0.29) is 5.91 Å². The van der Waals surface area contributed by atoms with Crippen molar-refractivity contribution in [3.05, 3.63) is 70.7 Å². The van der Waals surface area contributed by atoms with Crippen LogP contribution in [-0.4, -0.2) is 71.0 Å². The average Bonchev–Trinajstić information content (AvgIpc) is 3.17. The van der Waals surface area contributed by atoms with Gasteiger partial charge in [0.25, 0.3) is 5.91 Å². The number of imide groups is 1. The number of hydrogen-bond acceptors (Lipinski definition) is 5. The number of hydrazone groups is 1. The molecule has 4 rings (SSSR count). The highest BCUT2D eigenvalue weighted by atomic mass is 35.5. The summed E-state index contributed by atoms with van der Waals surface area (Å²) in [5.41, 5.74) is 4.91. The molecule has 1 N–H and O–H groups in total. The van der Waals surface area contributed by atoms with Gasteiger partial charge >= 0.3 is 12.0 Å². The molecule has 0 radical (unpaired) electrons. The van der Waals surface area contributed by atoms with Gasteiger partial charge < -0.3 is 0 Å². The van der Waals surface area contributed by atoms with E-state index in [1.165, 1.54) is 17.5 Å². The lowest BCUT2D eigenvalue weighted by molar-refractivity contribution is -0.537. The van der Waals surface area contributed by atoms with Crippen molar-refractivity contribution >= 4 is 41.5 Å². The van der Waals surface area contributed by atoms with Crippen LogP contribution in [0, 0.1) is 0 Å². The number of amidine groups is 1. The Balaban J connectivity index is 1.58. The molecule has 0 aromatic heterocycles. The molecule has 0 aliphatic carbocycles. The normalized spacial score (nSPS) is 18.5. The molecule has 32 heavy (non-hydrogen) atoms. The van der Waals surface area contributed by atoms with Crippen LogP contribution in [0.25, 0.3) is 0 Å². The number of urea groups is 1. The highest BCUT2D eigenvalue weighted by Crippen LogP contribution is 2.19. The van der Waals surface area contributed by atoms with Gasteiger partial charge in [-0.05, 0) is 24.5 Å². The third kappa shape index (κ3) is 4.27. The average molecular weight is 452 g/mol. The lowest BCUT2D eigenvalue weighted by atomic mass is 10.1. The molecule has 9 heteroatoms. The number of aliphatic imine (C=N–C) groups is 1. The molecule has 1 atom stereocenters. The van der Waals surface area contributed by atoms with E-state index in [1.54, 1.807) is 19.3 Å². The molecule has 8 nitrogen and oxygen atoms in total. The van der Waals surface area contributed by atoms with Crippen molar-refractivity contribution in [2.75, 3.05) is 20.6 Å². The number of fused-ring (bicyclic) bond motifs is 1. The Morgan fingerprint density at radius 3 is 2.56 bits per heavy atom. The van der Waals surface area contributed by atoms with Crippen LogP contribution in [0.2, 0.25) is 5.02 Å². The SMILES string of the molecule is CN1C(=O)C2C(=NC(N/N=C/c3ccccc3Cl)=[N+]2CCCc2ccccc2)N(C)C1=O. The van der Waals surface area contributed by atoms with E-state index in [0.717, 1.165) is 23.3 Å². The maximum Gasteiger partial charge on any atom is 0.413 e. The lowest BCUT2D eigenvalue weighted by Crippen LogP contribution is -2.61. The summed E-state index contributed by atoms with van der Waals surface area (Å²) in [6.07, 6.45) is 3.26. The molecule has 2 heterocycles. The Bertz CT molecular complexity index is 1130. The van der Waals surface area contributed by atoms with Crippen molar-refractivity contribution in [2.24, 2.45) is 10.1 Å². The molecule has 1 unspecified atom stereocenters. The molecule has 2 aliphatic heterocycles. The van der Waals surface area contributed by atoms with Crippen LogP contribution in [0.1, 0.15) is 17.5 Å². The summed E-state index contributed by atoms with van der Waals surface area (Å²) in [4.78, 5) is 32.4. The first kappa shape index (κ1) is 21.7. The number of nitrogens with one attached hydrogen (secondary N) is 1. The topological polar surface area (TPSA) is 80.4 Å². The minimum Gasteiger partial charge on any atom is -0.270 e. The zero-order valence-corrected chi connectivity index (χ0v) is 18.7. The van der Waals surface area contributed by atoms with Crippen LogP contribution >= 0.6 is 11.6 Å². The number of halogens is 1. The van der Waals surface area contributed by atoms with Gasteiger partial charge in [0.15, 0.2) is 0 Å². The van der Waals surface area contributed by atoms with Crippen molar-refractivity contribution in [1.82, 2.24) is 15.2 Å². The van der Waals surface area contributed by atoms with Crippen molar-refractivity contribution in [2.45, 2.75) is 18.9 Å². The van der Waals surface area contributed by atoms with Gasteiger partial charge in [-0.2, -0.15) is 5.43 Å². The van der Waals surface area contributed by atoms with Crippen molar-refractivity contribution in [3.8, 4) is 0 Å². The van der Waals surface area contributed by atoms with E-state index in [9.17, 15) is 9.59 Å². The summed E-state index contributed by atoms with van der Waals surface area (Å²) in [5, 5.41) is 4.85. The van der Waals surface area contributed by atoms with Crippen molar-refractivity contribution in [3.63, 3.8) is 0 Å². The van der Waals surface area contributed by atoms with Gasteiger partial charge in [-0.3, -0.25) is 14.6 Å². The van der Waals surface area contributed by atoms with Gasteiger partial charge in [0.1, 0.15) is 0 Å². The number of amides is 3. The number of nitrogens with zero attached hydrogens (tertiary/aromatic N) is 5. The highest BCUT2D eigenvalue weighted by molar-refractivity contribution is 6.33. The fourth-order valence-corrected chi connectivity index (χ4v) is 3.94. The quantitative estimate of drug-likeness (QED) is 0.416. The molecule has 1 saturated heterocycles. The van der Waals surface area contributed by atoms with E-state index in [2.05, 4.69) is 27.7 Å². The van der Waals surface area contributed by atoms with Gasteiger partial charge in [0, 0.05) is 24.7 Å². The molecule has 0 saturated carbocycles. The Hall–Kier alpha value is -3.52. The first-order valence-electron chi connectivity index (χ1n) is 10.3. The number of likely N-dealkylation sites (N-methyl/N-ethyl adjacent to an activating group) is 2. The molecule has 1 fully saturated rings. The fraction of sp³-hybridized carbons (Fsp3) is 0.261. The Kier molecular flexibility index (Phi) is 6.32. The smallest absolute Gasteiger partial charge is 0.270 e. The van der Waals surface area contributed by atoms with Gasteiger partial charge in [0.05, 0.1) is 12.8 Å². The van der Waals surface area contributed by atoms with Gasteiger partial charge in [-0.15, -0.1) is 5.10 Å². The van der Waals surface area contributed by atoms with E-state index in [4.69, 9.17) is 11.6 Å². The molecule has 2 aliphatic rings. The second-order valence-electron chi connectivity index (χ2n) is 7.61. The number of guanidine groups is 1. The van der Waals surface area contributed by atoms with E-state index in [1.807, 2.05) is 41.0 Å². The second-order valence-corrected chi connectivity index (χ2v) is 8.02. The van der Waals surface area contributed by atoms with Gasteiger partial charge in [-0.25, -0.2) is 9.37 Å². The predicted molar refractivity (Wildman–Crippen MR) is 124 cm³/mol. The predicted octanol–water partition coefficient (Wildman–Crippen LogP) is 2.57. The van der Waals surface area contributed by atoms with E-state index >= 15 is 0 Å². The molecule has 0 bridgehead atoms. The number of rotatable bonds is 6. The van der Waals surface area contributed by atoms with Crippen molar-refractivity contribution < 1.29 is 14.2 Å². The highest BCUT2D eigenvalue weighted by Gasteiger charge is 2.51. The molecule has 3 amide bonds. The zero-order valence-electron chi connectivity index (χ0n) is 17.9. The lowest BCUT2D eigenvalue weighted by Gasteiger charge is -2.31. The minimum absolute atomic E-state index is 0.307. The summed E-state index contributed by atoms with van der Waals surface area (Å²) < 4.78 is 1.87. The second kappa shape index (κ2) is 9.32. The number of benzene rings is 2. The van der Waals surface area contributed by atoms with Crippen LogP contribution in [0.3, 0.4) is 0 Å². The van der Waals surface area contributed by atoms with Gasteiger partial charge in [0.2, 0.25) is 11.9 Å². The molecular weight excluding hydrogens is 428 g/mol. The monoisotopic (exact) mass is 451 g/mol. The van der Waals surface area contributed by atoms with E-state index in [0.29, 0.717) is 23.4 Å². The number of carbonyl (C=O) groups is 2. The van der Waals surface area contributed by atoms with Crippen LogP contribution in [0.15, 0.2) is 64.7 Å². The molecular formula is C23H24ClN6O2+. The third-order valence-corrected chi connectivity index (χ3v) is 5.86. The standard InChI is InChI=1S/C23H23ClN6O2/c1-28-20-19(21(31)29(2)23(28)32)30(14-8-11-16-9-4-3-5-10-16)22(26-20)27-25-15-17-12-6-7-13-18(17)24/h3-7,9-10,12-13,15,19H,8,11,14H2,1-2H3/p+1/b25-15+. The number of carbonyl (C=O) groups excluding carboxylic acids is 2. The molecule has 2 aromatic rings. The van der Waals surface area contributed by atoms with E-state index < -0.39 is 12.1 Å². The minimum atomic E-state index is -0.670. The Labute approximate surface area is 191 Å². The summed E-state index contributed by atoms with van der Waals surface area (Å²) in [5.74, 6) is 0.511.